The molecule has 0 unspecified atom stereocenters. The lowest BCUT2D eigenvalue weighted by atomic mass is 9.79. The molecule has 4 aromatic rings. The molecule has 0 saturated carbocycles. The second-order valence-electron chi connectivity index (χ2n) is 11.7. The molecular formula is C31H33ClN2O5S. The number of carboxylic acids is 1. The summed E-state index contributed by atoms with van der Waals surface area (Å²) in [5.41, 5.74) is 1.46. The highest BCUT2D eigenvalue weighted by molar-refractivity contribution is 7.09. The van der Waals surface area contributed by atoms with E-state index >= 15 is 0 Å². The molecule has 1 N–H and O–H groups in total. The smallest absolute Gasteiger partial charge is 0.309 e. The van der Waals surface area contributed by atoms with Crippen LogP contribution in [-0.4, -0.2) is 32.0 Å². The number of benzene rings is 1. The molecule has 3 heterocycles. The van der Waals surface area contributed by atoms with E-state index in [1.807, 2.05) is 19.2 Å². The third kappa shape index (κ3) is 5.83. The van der Waals surface area contributed by atoms with Crippen molar-refractivity contribution in [3.05, 3.63) is 85.6 Å². The minimum Gasteiger partial charge on any atom is -0.486 e. The first-order valence-electron chi connectivity index (χ1n) is 12.9. The average Bonchev–Trinajstić information content (AvgIpc) is 3.42. The lowest BCUT2D eigenvalue weighted by Gasteiger charge is -2.22. The van der Waals surface area contributed by atoms with Crippen LogP contribution in [0.1, 0.15) is 82.9 Å². The summed E-state index contributed by atoms with van der Waals surface area (Å²) in [5.74, 6) is -1.04. The molecular weight excluding hydrogens is 548 g/mol. The molecule has 0 radical (unpaired) electrons. The van der Waals surface area contributed by atoms with E-state index in [2.05, 4.69) is 4.98 Å². The summed E-state index contributed by atoms with van der Waals surface area (Å²) in [6.07, 6.45) is 1.67. The van der Waals surface area contributed by atoms with Gasteiger partial charge >= 0.3 is 5.97 Å². The Morgan fingerprint density at radius 2 is 1.77 bits per heavy atom. The number of thiazole rings is 1. The summed E-state index contributed by atoms with van der Waals surface area (Å²) >= 11 is 7.72. The molecule has 7 nitrogen and oxygen atoms in total. The number of Topliss-reactive ketones (excluding diaryl/α,β-unsaturated/α-hetero) is 1. The van der Waals surface area contributed by atoms with Crippen LogP contribution in [0.5, 0.6) is 5.75 Å². The summed E-state index contributed by atoms with van der Waals surface area (Å²) in [4.78, 5) is 44.8. The van der Waals surface area contributed by atoms with Gasteiger partial charge in [0.2, 0.25) is 5.78 Å². The van der Waals surface area contributed by atoms with E-state index in [0.717, 1.165) is 16.3 Å². The largest absolute Gasteiger partial charge is 0.486 e. The topological polar surface area (TPSA) is 98.0 Å². The van der Waals surface area contributed by atoms with Crippen molar-refractivity contribution in [2.24, 2.45) is 10.8 Å². The van der Waals surface area contributed by atoms with Crippen LogP contribution in [0, 0.1) is 24.7 Å². The number of ketones is 2. The lowest BCUT2D eigenvalue weighted by Crippen LogP contribution is -2.29. The van der Waals surface area contributed by atoms with Gasteiger partial charge in [-0.2, -0.15) is 0 Å². The maximum absolute atomic E-state index is 14.1. The van der Waals surface area contributed by atoms with E-state index < -0.39 is 16.8 Å². The lowest BCUT2D eigenvalue weighted by molar-refractivity contribution is -0.146. The molecule has 0 bridgehead atoms. The molecule has 0 aliphatic rings. The number of hydrogen-bond acceptors (Lipinski definition) is 6. The van der Waals surface area contributed by atoms with Gasteiger partial charge in [-0.15, -0.1) is 11.3 Å². The van der Waals surface area contributed by atoms with E-state index in [1.165, 1.54) is 11.3 Å². The van der Waals surface area contributed by atoms with Gasteiger partial charge in [0.1, 0.15) is 17.4 Å². The summed E-state index contributed by atoms with van der Waals surface area (Å²) in [7, 11) is 0. The monoisotopic (exact) mass is 580 g/mol. The van der Waals surface area contributed by atoms with Crippen molar-refractivity contribution in [3.63, 3.8) is 0 Å². The minimum atomic E-state index is -1.25. The maximum atomic E-state index is 14.1. The van der Waals surface area contributed by atoms with E-state index in [4.69, 9.17) is 16.3 Å². The van der Waals surface area contributed by atoms with Gasteiger partial charge in [-0.25, -0.2) is 4.98 Å². The number of hydrogen-bond donors (Lipinski definition) is 1. The van der Waals surface area contributed by atoms with Gasteiger partial charge < -0.3 is 14.2 Å². The second kappa shape index (κ2) is 10.8. The Morgan fingerprint density at radius 3 is 2.35 bits per heavy atom. The van der Waals surface area contributed by atoms with Gasteiger partial charge in [0.25, 0.3) is 0 Å². The molecule has 4 rings (SSSR count). The fourth-order valence-corrected chi connectivity index (χ4v) is 5.28. The second-order valence-corrected chi connectivity index (χ2v) is 13.1. The van der Waals surface area contributed by atoms with Gasteiger partial charge in [-0.1, -0.05) is 32.4 Å². The van der Waals surface area contributed by atoms with Crippen LogP contribution in [-0.2, 0) is 17.8 Å². The number of carboxylic acid groups (broad SMARTS) is 1. The Kier molecular flexibility index (Phi) is 7.98. The van der Waals surface area contributed by atoms with Crippen LogP contribution in [0.2, 0.25) is 5.02 Å². The van der Waals surface area contributed by atoms with Gasteiger partial charge in [0, 0.05) is 44.9 Å². The zero-order valence-corrected chi connectivity index (χ0v) is 25.3. The minimum absolute atomic E-state index is 0.0244. The Morgan fingerprint density at radius 1 is 1.07 bits per heavy atom. The van der Waals surface area contributed by atoms with Gasteiger partial charge in [0.05, 0.1) is 16.6 Å². The third-order valence-electron chi connectivity index (χ3n) is 6.78. The Hall–Kier alpha value is -3.49. The van der Waals surface area contributed by atoms with E-state index in [-0.39, 0.29) is 30.3 Å². The Balaban J connectivity index is 1.98. The number of fused-ring (bicyclic) bond motifs is 1. The number of aliphatic carboxylic acids is 1. The van der Waals surface area contributed by atoms with Crippen molar-refractivity contribution in [2.75, 3.05) is 0 Å². The normalized spacial score (nSPS) is 12.1. The number of aromatic nitrogens is 2. The molecule has 0 aliphatic heterocycles. The molecule has 0 saturated heterocycles. The molecule has 9 heteroatoms. The van der Waals surface area contributed by atoms with Crippen molar-refractivity contribution in [1.29, 1.82) is 0 Å². The number of carbonyl (C=O) groups excluding carboxylic acids is 2. The van der Waals surface area contributed by atoms with Crippen molar-refractivity contribution in [3.8, 4) is 5.75 Å². The first-order valence-corrected chi connectivity index (χ1v) is 14.2. The van der Waals surface area contributed by atoms with Crippen molar-refractivity contribution in [2.45, 2.75) is 61.5 Å². The third-order valence-corrected chi connectivity index (χ3v) is 8.15. The highest BCUT2D eigenvalue weighted by Gasteiger charge is 2.37. The zero-order chi connectivity index (χ0) is 29.6. The fourth-order valence-electron chi connectivity index (χ4n) is 4.48. The predicted molar refractivity (Wildman–Crippen MR) is 157 cm³/mol. The number of ether oxygens (including phenoxy) is 1. The number of pyridine rings is 1. The highest BCUT2D eigenvalue weighted by atomic mass is 35.5. The summed E-state index contributed by atoms with van der Waals surface area (Å²) in [6.45, 7) is 12.6. The van der Waals surface area contributed by atoms with Crippen LogP contribution in [0.15, 0.2) is 41.9 Å². The van der Waals surface area contributed by atoms with Crippen molar-refractivity contribution >= 4 is 46.0 Å². The van der Waals surface area contributed by atoms with Crippen LogP contribution >= 0.6 is 22.9 Å². The number of halogens is 1. The van der Waals surface area contributed by atoms with Crippen LogP contribution in [0.25, 0.3) is 5.52 Å². The fraction of sp³-hybridized carbons (Fsp3) is 0.355. The van der Waals surface area contributed by atoms with E-state index in [9.17, 15) is 19.5 Å². The highest BCUT2D eigenvalue weighted by Crippen LogP contribution is 2.37. The molecule has 0 spiro atoms. The maximum Gasteiger partial charge on any atom is 0.309 e. The molecule has 0 atom stereocenters. The number of nitrogens with zero attached hydrogens (tertiary/aromatic N) is 2. The summed E-state index contributed by atoms with van der Waals surface area (Å²) in [5, 5.41) is 13.3. The molecule has 0 amide bonds. The van der Waals surface area contributed by atoms with Crippen LogP contribution in [0.3, 0.4) is 0 Å². The summed E-state index contributed by atoms with van der Waals surface area (Å²) in [6, 6.07) is 8.47. The average molecular weight is 581 g/mol. The van der Waals surface area contributed by atoms with Gasteiger partial charge in [-0.3, -0.25) is 14.4 Å². The molecule has 0 fully saturated rings. The summed E-state index contributed by atoms with van der Waals surface area (Å²) < 4.78 is 7.71. The quantitative estimate of drug-likeness (QED) is 0.208. The predicted octanol–water partition coefficient (Wildman–Crippen LogP) is 7.36. The molecule has 210 valence electrons. The molecule has 1 aromatic carbocycles. The van der Waals surface area contributed by atoms with Gasteiger partial charge in [0.15, 0.2) is 5.78 Å². The Bertz CT molecular complexity index is 1640. The first kappa shape index (κ1) is 29.5. The first-order chi connectivity index (χ1) is 18.6. The molecule has 3 aromatic heterocycles. The zero-order valence-electron chi connectivity index (χ0n) is 23.7. The Labute approximate surface area is 242 Å². The van der Waals surface area contributed by atoms with Crippen molar-refractivity contribution in [1.82, 2.24) is 9.38 Å². The van der Waals surface area contributed by atoms with E-state index in [0.29, 0.717) is 33.0 Å². The number of rotatable bonds is 9. The standard InChI is InChI=1S/C31H33ClN2O5S/c1-17-12-19(8-9-22(17)32)27(35)26-21(14-31(6,7)29(37)38)25(28(36)30(3,4)5)23-13-20(10-11-34(23)26)39-15-24-33-18(2)16-40-24/h8-13,16H,14-15H2,1-7H3,(H,37,38). The van der Waals surface area contributed by atoms with Crippen LogP contribution in [0.4, 0.5) is 0 Å². The van der Waals surface area contributed by atoms with E-state index in [1.54, 1.807) is 75.5 Å². The number of carbonyl (C=O) groups is 3. The van der Waals surface area contributed by atoms with Crippen molar-refractivity contribution < 1.29 is 24.2 Å². The molecule has 40 heavy (non-hydrogen) atoms. The molecule has 0 aliphatic carbocycles. The van der Waals surface area contributed by atoms with Gasteiger partial charge in [-0.05, 0) is 69.5 Å². The number of aryl methyl sites for hydroxylation is 2. The van der Waals surface area contributed by atoms with Crippen LogP contribution < -0.4 is 4.74 Å². The SMILES string of the molecule is Cc1csc(COc2ccn3c(C(=O)c4ccc(Cl)c(C)c4)c(CC(C)(C)C(=O)O)c(C(=O)C(C)(C)C)c3c2)n1.